The van der Waals surface area contributed by atoms with E-state index in [0.29, 0.717) is 18.3 Å². The highest BCUT2D eigenvalue weighted by Crippen LogP contribution is 2.39. The predicted molar refractivity (Wildman–Crippen MR) is 100 cm³/mol. The highest BCUT2D eigenvalue weighted by Gasteiger charge is 2.38. The number of phenols is 1. The van der Waals surface area contributed by atoms with Crippen LogP contribution in [0.3, 0.4) is 0 Å². The maximum Gasteiger partial charge on any atom is 0.306 e. The van der Waals surface area contributed by atoms with Gasteiger partial charge < -0.3 is 14.9 Å². The van der Waals surface area contributed by atoms with E-state index in [-0.39, 0.29) is 6.42 Å². The Morgan fingerprint density at radius 1 is 1.24 bits per heavy atom. The van der Waals surface area contributed by atoms with Crippen molar-refractivity contribution in [3.8, 4) is 5.75 Å². The lowest BCUT2D eigenvalue weighted by atomic mass is 9.89. The molecule has 0 aliphatic carbocycles. The summed E-state index contributed by atoms with van der Waals surface area (Å²) in [6.07, 6.45) is -0.0486. The largest absolute Gasteiger partial charge is 0.508 e. The Hall–Kier alpha value is -2.34. The Kier molecular flexibility index (Phi) is 6.20. The first-order valence-corrected chi connectivity index (χ1v) is 8.64. The molecule has 2 aromatic rings. The number of aliphatic carboxylic acids is 1. The third kappa shape index (κ3) is 4.82. The van der Waals surface area contributed by atoms with Gasteiger partial charge in [-0.1, -0.05) is 34.1 Å². The molecule has 1 atom stereocenters. The molecule has 0 spiro atoms. The van der Waals surface area contributed by atoms with Gasteiger partial charge in [0.15, 0.2) is 0 Å². The monoisotopic (exact) mass is 405 g/mol. The zero-order chi connectivity index (χ0) is 18.4. The molecule has 2 aromatic carbocycles. The van der Waals surface area contributed by atoms with Crippen LogP contribution in [0.15, 0.2) is 58.0 Å². The highest BCUT2D eigenvalue weighted by molar-refractivity contribution is 9.10. The SMILES string of the molecule is CCOC1=NC(C)(CC(=O)O)c2cc(Br)ccc21.Oc1ccccc1. The van der Waals surface area contributed by atoms with Crippen LogP contribution in [-0.2, 0) is 15.1 Å². The van der Waals surface area contributed by atoms with E-state index in [1.165, 1.54) is 0 Å². The molecule has 0 aromatic heterocycles. The van der Waals surface area contributed by atoms with Crippen LogP contribution in [0.25, 0.3) is 0 Å². The van der Waals surface area contributed by atoms with Gasteiger partial charge in [-0.05, 0) is 49.7 Å². The molecule has 0 saturated heterocycles. The number of halogens is 1. The van der Waals surface area contributed by atoms with Crippen LogP contribution in [0, 0.1) is 0 Å². The Bertz CT molecular complexity index is 776. The van der Waals surface area contributed by atoms with Crippen LogP contribution in [0.1, 0.15) is 31.4 Å². The number of benzene rings is 2. The van der Waals surface area contributed by atoms with Crippen molar-refractivity contribution >= 4 is 27.8 Å². The Balaban J connectivity index is 0.000000269. The maximum atomic E-state index is 11.0. The van der Waals surface area contributed by atoms with E-state index in [1.807, 2.05) is 38.1 Å². The molecule has 1 aliphatic rings. The van der Waals surface area contributed by atoms with Gasteiger partial charge in [-0.3, -0.25) is 4.79 Å². The summed E-state index contributed by atoms with van der Waals surface area (Å²) >= 11 is 3.40. The van der Waals surface area contributed by atoms with Crippen LogP contribution < -0.4 is 0 Å². The summed E-state index contributed by atoms with van der Waals surface area (Å²) < 4.78 is 6.40. The molecule has 3 rings (SSSR count). The molecule has 6 heteroatoms. The molecule has 5 nitrogen and oxygen atoms in total. The predicted octanol–water partition coefficient (Wildman–Crippen LogP) is 4.33. The standard InChI is InChI=1S/C13H14BrNO3.C6H6O/c1-3-18-12-9-5-4-8(14)6-10(9)13(2,15-12)7-11(16)17;7-6-4-2-1-3-5-6/h4-6H,3,7H2,1-2H3,(H,16,17);1-5,7H. The van der Waals surface area contributed by atoms with E-state index in [4.69, 9.17) is 14.9 Å². The third-order valence-electron chi connectivity index (χ3n) is 3.67. The van der Waals surface area contributed by atoms with Crippen LogP contribution in [-0.4, -0.2) is 28.7 Å². The minimum Gasteiger partial charge on any atom is -0.508 e. The van der Waals surface area contributed by atoms with E-state index in [9.17, 15) is 4.79 Å². The van der Waals surface area contributed by atoms with Gasteiger partial charge in [0.25, 0.3) is 0 Å². The van der Waals surface area contributed by atoms with Crippen molar-refractivity contribution < 1.29 is 19.7 Å². The highest BCUT2D eigenvalue weighted by atomic mass is 79.9. The van der Waals surface area contributed by atoms with Crippen LogP contribution in [0.4, 0.5) is 0 Å². The van der Waals surface area contributed by atoms with E-state index < -0.39 is 11.5 Å². The average Bonchev–Trinajstić information content (AvgIpc) is 2.80. The van der Waals surface area contributed by atoms with Crippen molar-refractivity contribution in [3.63, 3.8) is 0 Å². The number of aromatic hydroxyl groups is 1. The number of carbonyl (C=O) groups is 1. The summed E-state index contributed by atoms with van der Waals surface area (Å²) in [4.78, 5) is 15.4. The van der Waals surface area contributed by atoms with Crippen molar-refractivity contribution in [2.75, 3.05) is 6.61 Å². The first-order valence-electron chi connectivity index (χ1n) is 7.84. The molecule has 0 fully saturated rings. The maximum absolute atomic E-state index is 11.0. The van der Waals surface area contributed by atoms with E-state index in [2.05, 4.69) is 20.9 Å². The number of carboxylic acids is 1. The summed E-state index contributed by atoms with van der Waals surface area (Å²) in [5.41, 5.74) is 1.02. The molecule has 0 amide bonds. The fraction of sp³-hybridized carbons (Fsp3) is 0.263. The first kappa shape index (κ1) is 19.0. The summed E-state index contributed by atoms with van der Waals surface area (Å²) in [6.45, 7) is 4.21. The first-order chi connectivity index (χ1) is 11.9. The molecule has 1 unspecified atom stereocenters. The Labute approximate surface area is 155 Å². The number of rotatable bonds is 3. The molecule has 25 heavy (non-hydrogen) atoms. The molecular weight excluding hydrogens is 386 g/mol. The molecule has 1 aliphatic heterocycles. The van der Waals surface area contributed by atoms with E-state index >= 15 is 0 Å². The number of carboxylic acid groups (broad SMARTS) is 1. The third-order valence-corrected chi connectivity index (χ3v) is 4.17. The van der Waals surface area contributed by atoms with Gasteiger partial charge in [-0.15, -0.1) is 0 Å². The summed E-state index contributed by atoms with van der Waals surface area (Å²) in [6, 6.07) is 14.4. The topological polar surface area (TPSA) is 79.1 Å². The Morgan fingerprint density at radius 3 is 2.44 bits per heavy atom. The van der Waals surface area contributed by atoms with Gasteiger partial charge in [-0.25, -0.2) is 4.99 Å². The number of hydrogen-bond acceptors (Lipinski definition) is 4. The number of phenolic OH excluding ortho intramolecular Hbond substituents is 1. The van der Waals surface area contributed by atoms with Gasteiger partial charge in [0.2, 0.25) is 5.90 Å². The number of ether oxygens (including phenoxy) is 1. The molecular formula is C19H20BrNO4. The summed E-state index contributed by atoms with van der Waals surface area (Å²) in [7, 11) is 0. The quantitative estimate of drug-likeness (QED) is 0.796. The molecule has 0 bridgehead atoms. The second-order valence-corrected chi connectivity index (χ2v) is 6.64. The number of nitrogens with zero attached hydrogens (tertiary/aromatic N) is 1. The zero-order valence-corrected chi connectivity index (χ0v) is 15.7. The molecule has 132 valence electrons. The van der Waals surface area contributed by atoms with Crippen LogP contribution in [0.2, 0.25) is 0 Å². The zero-order valence-electron chi connectivity index (χ0n) is 14.1. The van der Waals surface area contributed by atoms with Crippen molar-refractivity contribution in [1.29, 1.82) is 0 Å². The number of hydrogen-bond donors (Lipinski definition) is 2. The normalized spacial score (nSPS) is 17.8. The second kappa shape index (κ2) is 8.16. The minimum atomic E-state index is -0.870. The lowest BCUT2D eigenvalue weighted by Gasteiger charge is -2.19. The lowest BCUT2D eigenvalue weighted by molar-refractivity contribution is -0.138. The number of fused-ring (bicyclic) bond motifs is 1. The van der Waals surface area contributed by atoms with Crippen molar-refractivity contribution in [3.05, 3.63) is 64.1 Å². The number of para-hydroxylation sites is 1. The van der Waals surface area contributed by atoms with Gasteiger partial charge in [-0.2, -0.15) is 0 Å². The fourth-order valence-corrected chi connectivity index (χ4v) is 2.96. The van der Waals surface area contributed by atoms with Gasteiger partial charge in [0.1, 0.15) is 5.75 Å². The smallest absolute Gasteiger partial charge is 0.306 e. The Morgan fingerprint density at radius 2 is 1.92 bits per heavy atom. The van der Waals surface area contributed by atoms with Crippen LogP contribution in [0.5, 0.6) is 5.75 Å². The fourth-order valence-electron chi connectivity index (χ4n) is 2.60. The van der Waals surface area contributed by atoms with E-state index in [1.54, 1.807) is 24.3 Å². The molecule has 1 heterocycles. The van der Waals surface area contributed by atoms with Gasteiger partial charge in [0.05, 0.1) is 18.6 Å². The molecule has 0 radical (unpaired) electrons. The average molecular weight is 406 g/mol. The second-order valence-electron chi connectivity index (χ2n) is 5.72. The van der Waals surface area contributed by atoms with Gasteiger partial charge in [0, 0.05) is 10.0 Å². The lowest BCUT2D eigenvalue weighted by Crippen LogP contribution is -2.21. The van der Waals surface area contributed by atoms with Crippen molar-refractivity contribution in [1.82, 2.24) is 0 Å². The van der Waals surface area contributed by atoms with Crippen molar-refractivity contribution in [2.45, 2.75) is 25.8 Å². The number of aliphatic imine (C=N–C) groups is 1. The minimum absolute atomic E-state index is 0.0486. The summed E-state index contributed by atoms with van der Waals surface area (Å²) in [5, 5.41) is 17.7. The van der Waals surface area contributed by atoms with Gasteiger partial charge >= 0.3 is 5.97 Å². The van der Waals surface area contributed by atoms with Crippen LogP contribution >= 0.6 is 15.9 Å². The van der Waals surface area contributed by atoms with Crippen molar-refractivity contribution in [2.24, 2.45) is 4.99 Å². The van der Waals surface area contributed by atoms with E-state index in [0.717, 1.165) is 15.6 Å². The summed E-state index contributed by atoms with van der Waals surface area (Å²) in [5.74, 6) is -0.0174. The molecule has 2 N–H and O–H groups in total. The molecule has 0 saturated carbocycles.